The number of carbonyl (C=O) groups is 2. The molecular formula is C37H38Cl2N4O4. The molecular weight excluding hydrogens is 635 g/mol. The number of halogens is 2. The molecule has 3 aromatic carbocycles. The Morgan fingerprint density at radius 3 is 2.43 bits per heavy atom. The van der Waals surface area contributed by atoms with Gasteiger partial charge in [-0.2, -0.15) is 5.10 Å². The molecule has 244 valence electrons. The van der Waals surface area contributed by atoms with Gasteiger partial charge in [0.25, 0.3) is 5.91 Å². The smallest absolute Gasteiger partial charge is 0.335 e. The maximum atomic E-state index is 14.6. The molecule has 0 saturated carbocycles. The molecule has 0 radical (unpaired) electrons. The zero-order chi connectivity index (χ0) is 33.7. The van der Waals surface area contributed by atoms with E-state index in [1.165, 1.54) is 0 Å². The van der Waals surface area contributed by atoms with Crippen LogP contribution in [-0.4, -0.2) is 48.9 Å². The fraction of sp³-hybridized carbons (Fsp3) is 0.324. The van der Waals surface area contributed by atoms with Crippen LogP contribution in [0.4, 0.5) is 0 Å². The molecule has 0 fully saturated rings. The monoisotopic (exact) mass is 672 g/mol. The van der Waals surface area contributed by atoms with Crippen LogP contribution in [0.15, 0.2) is 48.5 Å². The number of carboxylic acid groups (broad SMARTS) is 1. The van der Waals surface area contributed by atoms with Gasteiger partial charge in [-0.15, -0.1) is 0 Å². The van der Waals surface area contributed by atoms with Gasteiger partial charge in [0.05, 0.1) is 28.4 Å². The largest absolute Gasteiger partial charge is 0.494 e. The van der Waals surface area contributed by atoms with Gasteiger partial charge in [0, 0.05) is 53.4 Å². The maximum Gasteiger partial charge on any atom is 0.335 e. The van der Waals surface area contributed by atoms with Crippen molar-refractivity contribution in [2.45, 2.75) is 66.6 Å². The van der Waals surface area contributed by atoms with Crippen molar-refractivity contribution in [3.05, 3.63) is 103 Å². The van der Waals surface area contributed by atoms with E-state index in [-0.39, 0.29) is 17.5 Å². The van der Waals surface area contributed by atoms with Gasteiger partial charge in [0.15, 0.2) is 0 Å². The highest BCUT2D eigenvalue weighted by atomic mass is 35.5. The van der Waals surface area contributed by atoms with Crippen LogP contribution in [0.25, 0.3) is 22.0 Å². The molecule has 1 atom stereocenters. The molecule has 10 heteroatoms. The Labute approximate surface area is 284 Å². The lowest BCUT2D eigenvalue weighted by Gasteiger charge is -2.35. The Kier molecular flexibility index (Phi) is 8.85. The van der Waals surface area contributed by atoms with Crippen molar-refractivity contribution in [1.82, 2.24) is 19.2 Å². The minimum atomic E-state index is -0.996. The molecule has 6 rings (SSSR count). The second kappa shape index (κ2) is 12.7. The third-order valence-electron chi connectivity index (χ3n) is 9.26. The van der Waals surface area contributed by atoms with Crippen LogP contribution in [-0.2, 0) is 26.6 Å². The number of aromatic carboxylic acids is 1. The summed E-state index contributed by atoms with van der Waals surface area (Å²) >= 11 is 13.4. The van der Waals surface area contributed by atoms with Gasteiger partial charge in [-0.3, -0.25) is 9.48 Å². The summed E-state index contributed by atoms with van der Waals surface area (Å²) < 4.78 is 10.2. The van der Waals surface area contributed by atoms with Crippen LogP contribution in [0.3, 0.4) is 0 Å². The van der Waals surface area contributed by atoms with E-state index in [4.69, 9.17) is 27.9 Å². The second-order valence-electron chi connectivity index (χ2n) is 12.5. The lowest BCUT2D eigenvalue weighted by atomic mass is 9.98. The number of hydrogen-bond donors (Lipinski definition) is 1. The molecule has 1 unspecified atom stereocenters. The van der Waals surface area contributed by atoms with Gasteiger partial charge in [-0.1, -0.05) is 41.4 Å². The molecule has 1 amide bonds. The van der Waals surface area contributed by atoms with E-state index >= 15 is 0 Å². The molecule has 0 bridgehead atoms. The summed E-state index contributed by atoms with van der Waals surface area (Å²) in [6.07, 6.45) is 1.29. The van der Waals surface area contributed by atoms with Crippen LogP contribution < -0.4 is 4.74 Å². The van der Waals surface area contributed by atoms with E-state index in [9.17, 15) is 14.7 Å². The highest BCUT2D eigenvalue weighted by Crippen LogP contribution is 2.43. The number of benzene rings is 3. The fourth-order valence-electron chi connectivity index (χ4n) is 6.90. The predicted octanol–water partition coefficient (Wildman–Crippen LogP) is 8.34. The Balaban J connectivity index is 1.43. The zero-order valence-corrected chi connectivity index (χ0v) is 29.0. The van der Waals surface area contributed by atoms with Gasteiger partial charge in [-0.25, -0.2) is 4.79 Å². The molecule has 1 aliphatic rings. The van der Waals surface area contributed by atoms with Crippen LogP contribution in [0.5, 0.6) is 5.75 Å². The number of fused-ring (bicyclic) bond motifs is 3. The first-order valence-corrected chi connectivity index (χ1v) is 16.5. The van der Waals surface area contributed by atoms with Gasteiger partial charge in [0.2, 0.25) is 0 Å². The van der Waals surface area contributed by atoms with Gasteiger partial charge >= 0.3 is 5.97 Å². The summed E-state index contributed by atoms with van der Waals surface area (Å²) in [5.41, 5.74) is 9.12. The first-order valence-electron chi connectivity index (χ1n) is 15.7. The molecule has 47 heavy (non-hydrogen) atoms. The van der Waals surface area contributed by atoms with Crippen molar-refractivity contribution in [1.29, 1.82) is 0 Å². The van der Waals surface area contributed by atoms with Crippen LogP contribution in [0, 0.1) is 27.7 Å². The third kappa shape index (κ3) is 5.89. The lowest BCUT2D eigenvalue weighted by molar-refractivity contribution is 0.0597. The van der Waals surface area contributed by atoms with Crippen molar-refractivity contribution in [2.75, 3.05) is 6.61 Å². The van der Waals surface area contributed by atoms with E-state index in [1.807, 2.05) is 81.6 Å². The quantitative estimate of drug-likeness (QED) is 0.159. The fourth-order valence-corrected chi connectivity index (χ4v) is 7.26. The molecule has 1 aliphatic heterocycles. The summed E-state index contributed by atoms with van der Waals surface area (Å²) in [6, 6.07) is 14.4. The summed E-state index contributed by atoms with van der Waals surface area (Å²) in [6.45, 7) is 11.3. The van der Waals surface area contributed by atoms with E-state index in [0.29, 0.717) is 43.3 Å². The minimum Gasteiger partial charge on any atom is -0.494 e. The predicted molar refractivity (Wildman–Crippen MR) is 186 cm³/mol. The Morgan fingerprint density at radius 2 is 1.77 bits per heavy atom. The molecule has 3 heterocycles. The summed E-state index contributed by atoms with van der Waals surface area (Å²) in [7, 11) is 1.92. The molecule has 1 N–H and O–H groups in total. The van der Waals surface area contributed by atoms with Crippen LogP contribution >= 0.6 is 23.2 Å². The number of nitrogens with zero attached hydrogens (tertiary/aromatic N) is 4. The number of rotatable bonds is 9. The number of hydrogen-bond acceptors (Lipinski definition) is 4. The Hall–Kier alpha value is -4.27. The summed E-state index contributed by atoms with van der Waals surface area (Å²) in [5.74, 6) is -0.324. The summed E-state index contributed by atoms with van der Waals surface area (Å²) in [4.78, 5) is 28.1. The standard InChI is InChI=1S/C37H38Cl2N4O4/c1-20-15-27(16-21(2)33(20)39)47-14-8-11-28-29-12-13-30(38)32(31-23(4)40-41(6)24(31)5)34(29)43-18-22(3)42(36(44)35(28)43)19-25-9-7-10-26(17-25)37(45)46/h7,9-10,12-13,15-17,22H,8,11,14,18-19H2,1-6H3,(H,45,46). The average molecular weight is 674 g/mol. The normalized spacial score (nSPS) is 14.6. The summed E-state index contributed by atoms with van der Waals surface area (Å²) in [5, 5.41) is 16.6. The SMILES string of the molecule is Cc1cc(OCCCc2c3n(c4c(-c5c(C)nn(C)c5C)c(Cl)ccc24)CC(C)N(Cc2cccc(C(=O)O)c2)C3=O)cc(C)c1Cl. The van der Waals surface area contributed by atoms with E-state index < -0.39 is 5.97 Å². The first-order chi connectivity index (χ1) is 22.4. The lowest BCUT2D eigenvalue weighted by Crippen LogP contribution is -2.46. The maximum absolute atomic E-state index is 14.6. The topological polar surface area (TPSA) is 89.6 Å². The van der Waals surface area contributed by atoms with E-state index in [0.717, 1.165) is 66.4 Å². The molecule has 5 aromatic rings. The molecule has 8 nitrogen and oxygen atoms in total. The molecule has 2 aromatic heterocycles. The van der Waals surface area contributed by atoms with E-state index in [2.05, 4.69) is 9.67 Å². The Bertz CT molecular complexity index is 2040. The van der Waals surface area contributed by atoms with Crippen molar-refractivity contribution in [3.8, 4) is 16.9 Å². The highest BCUT2D eigenvalue weighted by Gasteiger charge is 2.36. The first kappa shape index (κ1) is 32.7. The average Bonchev–Trinajstić information content (AvgIpc) is 3.47. The molecule has 0 saturated heterocycles. The van der Waals surface area contributed by atoms with Crippen molar-refractivity contribution < 1.29 is 19.4 Å². The molecule has 0 aliphatic carbocycles. The third-order valence-corrected chi connectivity index (χ3v) is 10.2. The van der Waals surface area contributed by atoms with Crippen LogP contribution in [0.2, 0.25) is 10.0 Å². The number of amides is 1. The number of carbonyl (C=O) groups excluding carboxylic acids is 1. The zero-order valence-electron chi connectivity index (χ0n) is 27.4. The van der Waals surface area contributed by atoms with Gasteiger partial charge in [-0.05, 0) is 100 Å². The van der Waals surface area contributed by atoms with Gasteiger partial charge in [0.1, 0.15) is 11.4 Å². The van der Waals surface area contributed by atoms with E-state index in [1.54, 1.807) is 18.2 Å². The van der Waals surface area contributed by atoms with Crippen LogP contribution in [0.1, 0.15) is 67.8 Å². The minimum absolute atomic E-state index is 0.0951. The molecule has 0 spiro atoms. The van der Waals surface area contributed by atoms with Crippen molar-refractivity contribution >= 4 is 46.0 Å². The second-order valence-corrected chi connectivity index (χ2v) is 13.3. The highest BCUT2D eigenvalue weighted by molar-refractivity contribution is 6.35. The van der Waals surface area contributed by atoms with Gasteiger partial charge < -0.3 is 19.3 Å². The number of ether oxygens (including phenoxy) is 1. The Morgan fingerprint density at radius 1 is 1.04 bits per heavy atom. The number of aryl methyl sites for hydroxylation is 5. The van der Waals surface area contributed by atoms with Crippen molar-refractivity contribution in [2.24, 2.45) is 7.05 Å². The van der Waals surface area contributed by atoms with Crippen molar-refractivity contribution in [3.63, 3.8) is 0 Å². The number of carboxylic acids is 1. The number of aromatic nitrogens is 3.